The Morgan fingerprint density at radius 3 is 2.73 bits per heavy atom. The molecule has 1 aromatic heterocycles. The number of likely N-dealkylation sites (tertiary alicyclic amines) is 1. The molecule has 2 atom stereocenters. The van der Waals surface area contributed by atoms with Crippen molar-refractivity contribution in [3.63, 3.8) is 0 Å². The number of aromatic nitrogens is 1. The molecule has 3 heterocycles. The molecule has 198 valence electrons. The highest BCUT2D eigenvalue weighted by Gasteiger charge is 2.28. The molecule has 7 heteroatoms. The molecule has 0 saturated carbocycles. The zero-order chi connectivity index (χ0) is 25.6. The van der Waals surface area contributed by atoms with Crippen molar-refractivity contribution in [3.8, 4) is 0 Å². The van der Waals surface area contributed by atoms with E-state index in [1.54, 1.807) is 0 Å². The van der Waals surface area contributed by atoms with Crippen LogP contribution in [-0.2, 0) is 35.3 Å². The van der Waals surface area contributed by atoms with E-state index in [0.29, 0.717) is 0 Å². The van der Waals surface area contributed by atoms with Gasteiger partial charge in [-0.2, -0.15) is 0 Å². The van der Waals surface area contributed by atoms with Crippen LogP contribution in [0.5, 0.6) is 0 Å². The van der Waals surface area contributed by atoms with Crippen LogP contribution in [0, 0.1) is 5.92 Å². The quantitative estimate of drug-likeness (QED) is 0.472. The fraction of sp³-hybridized carbons (Fsp3) is 0.567. The van der Waals surface area contributed by atoms with Gasteiger partial charge >= 0.3 is 5.97 Å². The van der Waals surface area contributed by atoms with Crippen molar-refractivity contribution in [1.82, 2.24) is 15.2 Å². The highest BCUT2D eigenvalue weighted by atomic mass is 16.4. The van der Waals surface area contributed by atoms with Crippen LogP contribution < -0.4 is 10.6 Å². The second kappa shape index (κ2) is 12.1. The molecule has 1 aliphatic carbocycles. The number of amides is 1. The minimum absolute atomic E-state index is 0.0175. The smallest absolute Gasteiger partial charge is 0.305 e. The van der Waals surface area contributed by atoms with Gasteiger partial charge in [-0.25, -0.2) is 4.98 Å². The lowest BCUT2D eigenvalue weighted by atomic mass is 9.88. The van der Waals surface area contributed by atoms with E-state index >= 15 is 0 Å². The lowest BCUT2D eigenvalue weighted by Crippen LogP contribution is -2.44. The fourth-order valence-corrected chi connectivity index (χ4v) is 6.15. The normalized spacial score (nSPS) is 20.3. The first-order valence-corrected chi connectivity index (χ1v) is 14.1. The monoisotopic (exact) mass is 504 g/mol. The molecular weight excluding hydrogens is 464 g/mol. The van der Waals surface area contributed by atoms with Crippen LogP contribution in [0.25, 0.3) is 0 Å². The molecule has 2 aliphatic heterocycles. The van der Waals surface area contributed by atoms with Crippen LogP contribution in [0.15, 0.2) is 30.3 Å². The third-order valence-corrected chi connectivity index (χ3v) is 8.21. The van der Waals surface area contributed by atoms with Crippen LogP contribution in [0.3, 0.4) is 0 Å². The number of carbonyl (C=O) groups excluding carboxylic acids is 1. The molecule has 2 aromatic rings. The van der Waals surface area contributed by atoms with Crippen molar-refractivity contribution in [2.75, 3.05) is 31.5 Å². The number of benzene rings is 1. The fourth-order valence-electron chi connectivity index (χ4n) is 6.15. The number of hydrogen-bond acceptors (Lipinski definition) is 5. The van der Waals surface area contributed by atoms with Crippen molar-refractivity contribution in [3.05, 3.63) is 58.3 Å². The topological polar surface area (TPSA) is 94.6 Å². The molecule has 2 unspecified atom stereocenters. The number of nitrogens with zero attached hydrogens (tertiary/aromatic N) is 2. The molecule has 1 amide bonds. The Morgan fingerprint density at radius 1 is 1.05 bits per heavy atom. The molecule has 0 spiro atoms. The van der Waals surface area contributed by atoms with Gasteiger partial charge in [-0.1, -0.05) is 24.3 Å². The third kappa shape index (κ3) is 6.69. The summed E-state index contributed by atoms with van der Waals surface area (Å²) in [6, 6.07) is 10.1. The van der Waals surface area contributed by atoms with E-state index in [0.717, 1.165) is 88.2 Å². The summed E-state index contributed by atoms with van der Waals surface area (Å²) in [5.74, 6) is 0.0393. The number of rotatable bonds is 9. The Hall–Kier alpha value is -2.93. The number of aliphatic carboxylic acids is 1. The molecule has 3 N–H and O–H groups in total. The maximum atomic E-state index is 13.3. The van der Waals surface area contributed by atoms with Crippen molar-refractivity contribution in [2.24, 2.45) is 5.92 Å². The highest BCUT2D eigenvalue weighted by molar-refractivity contribution is 5.80. The van der Waals surface area contributed by atoms with Gasteiger partial charge in [0, 0.05) is 18.8 Å². The van der Waals surface area contributed by atoms with Crippen molar-refractivity contribution < 1.29 is 14.7 Å². The zero-order valence-electron chi connectivity index (χ0n) is 21.8. The first kappa shape index (κ1) is 25.7. The molecule has 7 nitrogen and oxygen atoms in total. The van der Waals surface area contributed by atoms with Gasteiger partial charge in [0.25, 0.3) is 0 Å². The van der Waals surface area contributed by atoms with Crippen LogP contribution in [-0.4, -0.2) is 53.0 Å². The van der Waals surface area contributed by atoms with E-state index in [-0.39, 0.29) is 18.2 Å². The predicted molar refractivity (Wildman–Crippen MR) is 145 cm³/mol. The Morgan fingerprint density at radius 2 is 1.86 bits per heavy atom. The molecule has 1 saturated heterocycles. The molecule has 1 aromatic carbocycles. The van der Waals surface area contributed by atoms with Crippen molar-refractivity contribution >= 4 is 17.7 Å². The number of piperidine rings is 1. The number of carboxylic acids is 1. The number of nitrogens with one attached hydrogen (secondary N) is 2. The Kier molecular flexibility index (Phi) is 8.39. The number of aryl methyl sites for hydroxylation is 4. The second-order valence-corrected chi connectivity index (χ2v) is 11.0. The van der Waals surface area contributed by atoms with Gasteiger partial charge < -0.3 is 20.6 Å². The molecule has 3 aliphatic rings. The third-order valence-electron chi connectivity index (χ3n) is 8.21. The standard InChI is InChI=1S/C30H40N4O3/c35-28(36)19-27(24-12-11-21-6-1-2-7-23(21)18-24)33-30(37)25-9-4-16-34(20-25)17-5-10-26-14-13-22-8-3-15-31-29(22)32-26/h11-14,18,25,27H,1-10,15-17,19-20H2,(H,31,32)(H,33,37)(H,35,36). The SMILES string of the molecule is O=C(O)CC(NC(=O)C1CCCN(CCCc2ccc3c(n2)NCCC3)C1)c1ccc2c(c1)CCCC2. The first-order chi connectivity index (χ1) is 18.0. The van der Waals surface area contributed by atoms with Crippen LogP contribution >= 0.6 is 0 Å². The summed E-state index contributed by atoms with van der Waals surface area (Å²) in [7, 11) is 0. The van der Waals surface area contributed by atoms with Gasteiger partial charge in [-0.3, -0.25) is 9.59 Å². The van der Waals surface area contributed by atoms with Crippen LogP contribution in [0.2, 0.25) is 0 Å². The summed E-state index contributed by atoms with van der Waals surface area (Å²) in [5, 5.41) is 16.1. The molecule has 37 heavy (non-hydrogen) atoms. The largest absolute Gasteiger partial charge is 0.481 e. The molecular formula is C30H40N4O3. The van der Waals surface area contributed by atoms with E-state index in [2.05, 4.69) is 39.8 Å². The highest BCUT2D eigenvalue weighted by Crippen LogP contribution is 2.27. The van der Waals surface area contributed by atoms with Crippen LogP contribution in [0.4, 0.5) is 5.82 Å². The number of carboxylic acid groups (broad SMARTS) is 1. The van der Waals surface area contributed by atoms with E-state index in [9.17, 15) is 14.7 Å². The van der Waals surface area contributed by atoms with E-state index in [1.165, 1.54) is 36.0 Å². The van der Waals surface area contributed by atoms with E-state index in [4.69, 9.17) is 4.98 Å². The zero-order valence-corrected chi connectivity index (χ0v) is 21.8. The number of fused-ring (bicyclic) bond motifs is 2. The Balaban J connectivity index is 1.15. The lowest BCUT2D eigenvalue weighted by molar-refractivity contribution is -0.138. The summed E-state index contributed by atoms with van der Waals surface area (Å²) in [4.78, 5) is 32.1. The maximum Gasteiger partial charge on any atom is 0.305 e. The summed E-state index contributed by atoms with van der Waals surface area (Å²) in [6.45, 7) is 3.68. The lowest BCUT2D eigenvalue weighted by Gasteiger charge is -2.33. The molecule has 1 fully saturated rings. The van der Waals surface area contributed by atoms with Gasteiger partial charge in [0.2, 0.25) is 5.91 Å². The summed E-state index contributed by atoms with van der Waals surface area (Å²) < 4.78 is 0. The van der Waals surface area contributed by atoms with E-state index < -0.39 is 12.0 Å². The predicted octanol–water partition coefficient (Wildman–Crippen LogP) is 4.30. The number of hydrogen-bond donors (Lipinski definition) is 3. The second-order valence-electron chi connectivity index (χ2n) is 11.0. The van der Waals surface area contributed by atoms with Gasteiger partial charge in [-0.05, 0) is 106 Å². The molecule has 0 radical (unpaired) electrons. The Bertz CT molecular complexity index is 1120. The average molecular weight is 505 g/mol. The molecule has 0 bridgehead atoms. The van der Waals surface area contributed by atoms with Gasteiger partial charge in [0.05, 0.1) is 18.4 Å². The minimum Gasteiger partial charge on any atom is -0.481 e. The maximum absolute atomic E-state index is 13.3. The first-order valence-electron chi connectivity index (χ1n) is 14.1. The summed E-state index contributed by atoms with van der Waals surface area (Å²) in [5.41, 5.74) is 6.02. The van der Waals surface area contributed by atoms with Crippen molar-refractivity contribution in [1.29, 1.82) is 0 Å². The van der Waals surface area contributed by atoms with Crippen LogP contribution in [0.1, 0.15) is 78.9 Å². The van der Waals surface area contributed by atoms with Crippen molar-refractivity contribution in [2.45, 2.75) is 76.7 Å². The van der Waals surface area contributed by atoms with Gasteiger partial charge in [0.15, 0.2) is 0 Å². The number of anilines is 1. The average Bonchev–Trinajstić information content (AvgIpc) is 2.92. The number of pyridine rings is 1. The number of carbonyl (C=O) groups is 2. The van der Waals surface area contributed by atoms with E-state index in [1.807, 2.05) is 6.07 Å². The molecule has 5 rings (SSSR count). The minimum atomic E-state index is -0.890. The van der Waals surface area contributed by atoms with Gasteiger partial charge in [0.1, 0.15) is 5.82 Å². The Labute approximate surface area is 220 Å². The summed E-state index contributed by atoms with van der Waals surface area (Å²) in [6.07, 6.45) is 10.5. The van der Waals surface area contributed by atoms with Gasteiger partial charge in [-0.15, -0.1) is 0 Å². The summed E-state index contributed by atoms with van der Waals surface area (Å²) >= 11 is 0.